The van der Waals surface area contributed by atoms with Gasteiger partial charge in [0, 0.05) is 11.0 Å². The number of ether oxygens (including phenoxy) is 1. The Morgan fingerprint density at radius 1 is 1.32 bits per heavy atom. The van der Waals surface area contributed by atoms with Crippen molar-refractivity contribution in [2.45, 2.75) is 0 Å². The van der Waals surface area contributed by atoms with Crippen LogP contribution in [0.2, 0.25) is 0 Å². The molecule has 0 saturated heterocycles. The largest absolute Gasteiger partial charge is 0.394 e. The third-order valence-corrected chi connectivity index (χ3v) is 3.28. The summed E-state index contributed by atoms with van der Waals surface area (Å²) in [5, 5.41) is 8.58. The standard InChI is InChI=1S/C12H11BrFNO4/c13-9-6-7(14)5-8-10(9)15(12(18)11(8)17)1-3-19-4-2-16/h5-6,16H,1-4H2. The number of Topliss-reactive ketones (excluding diaryl/α,β-unsaturated/α-hetero) is 1. The molecular weight excluding hydrogens is 321 g/mol. The smallest absolute Gasteiger partial charge is 0.299 e. The Morgan fingerprint density at radius 3 is 2.74 bits per heavy atom. The second-order valence-corrected chi connectivity index (χ2v) is 4.76. The molecule has 0 radical (unpaired) electrons. The van der Waals surface area contributed by atoms with Crippen LogP contribution in [0.1, 0.15) is 10.4 Å². The second kappa shape index (κ2) is 5.77. The van der Waals surface area contributed by atoms with Gasteiger partial charge in [-0.2, -0.15) is 0 Å². The Kier molecular flexibility index (Phi) is 4.28. The van der Waals surface area contributed by atoms with E-state index in [0.717, 1.165) is 6.07 Å². The summed E-state index contributed by atoms with van der Waals surface area (Å²) in [6, 6.07) is 2.25. The van der Waals surface area contributed by atoms with Crippen LogP contribution in [0.15, 0.2) is 16.6 Å². The van der Waals surface area contributed by atoms with Gasteiger partial charge in [0.05, 0.1) is 31.1 Å². The first-order valence-electron chi connectivity index (χ1n) is 5.60. The van der Waals surface area contributed by atoms with Crippen LogP contribution in [0.3, 0.4) is 0 Å². The number of anilines is 1. The molecule has 1 aromatic carbocycles. The fourth-order valence-electron chi connectivity index (χ4n) is 1.89. The maximum absolute atomic E-state index is 13.2. The molecule has 0 bridgehead atoms. The highest BCUT2D eigenvalue weighted by molar-refractivity contribution is 9.10. The Bertz CT molecular complexity index is 535. The van der Waals surface area contributed by atoms with Crippen molar-refractivity contribution in [2.24, 2.45) is 0 Å². The number of hydrogen-bond donors (Lipinski definition) is 1. The van der Waals surface area contributed by atoms with Gasteiger partial charge in [0.25, 0.3) is 11.7 Å². The van der Waals surface area contributed by atoms with E-state index >= 15 is 0 Å². The fraction of sp³-hybridized carbons (Fsp3) is 0.333. The Hall–Kier alpha value is -1.31. The summed E-state index contributed by atoms with van der Waals surface area (Å²) in [7, 11) is 0. The minimum atomic E-state index is -0.725. The van der Waals surface area contributed by atoms with Gasteiger partial charge in [0.2, 0.25) is 0 Å². The summed E-state index contributed by atoms with van der Waals surface area (Å²) in [5.41, 5.74) is 0.419. The van der Waals surface area contributed by atoms with Gasteiger partial charge in [-0.15, -0.1) is 0 Å². The van der Waals surface area contributed by atoms with E-state index in [-0.39, 0.29) is 31.9 Å². The molecule has 2 rings (SSSR count). The number of nitrogens with zero attached hydrogens (tertiary/aromatic N) is 1. The monoisotopic (exact) mass is 331 g/mol. The van der Waals surface area contributed by atoms with Gasteiger partial charge in [-0.05, 0) is 28.1 Å². The molecule has 1 heterocycles. The number of fused-ring (bicyclic) bond motifs is 1. The zero-order valence-corrected chi connectivity index (χ0v) is 11.4. The molecule has 0 aromatic heterocycles. The van der Waals surface area contributed by atoms with E-state index in [1.165, 1.54) is 11.0 Å². The van der Waals surface area contributed by atoms with Gasteiger partial charge in [0.1, 0.15) is 5.82 Å². The lowest BCUT2D eigenvalue weighted by Crippen LogP contribution is -2.33. The van der Waals surface area contributed by atoms with E-state index in [4.69, 9.17) is 9.84 Å². The molecule has 19 heavy (non-hydrogen) atoms. The number of halogens is 2. The average Bonchev–Trinajstić information content (AvgIpc) is 2.60. The molecule has 0 aliphatic carbocycles. The molecule has 0 atom stereocenters. The third-order valence-electron chi connectivity index (χ3n) is 2.68. The van der Waals surface area contributed by atoms with Crippen molar-refractivity contribution in [3.63, 3.8) is 0 Å². The van der Waals surface area contributed by atoms with Gasteiger partial charge in [-0.3, -0.25) is 9.59 Å². The zero-order chi connectivity index (χ0) is 14.0. The van der Waals surface area contributed by atoms with Crippen LogP contribution in [-0.2, 0) is 9.53 Å². The molecule has 0 spiro atoms. The van der Waals surface area contributed by atoms with Crippen LogP contribution in [0, 0.1) is 5.82 Å². The number of aliphatic hydroxyl groups is 1. The number of hydrogen-bond acceptors (Lipinski definition) is 4. The summed E-state index contributed by atoms with van der Waals surface area (Å²) in [5.74, 6) is -2.00. The highest BCUT2D eigenvalue weighted by Crippen LogP contribution is 2.36. The first-order chi connectivity index (χ1) is 9.06. The van der Waals surface area contributed by atoms with E-state index < -0.39 is 17.5 Å². The van der Waals surface area contributed by atoms with E-state index in [2.05, 4.69) is 15.9 Å². The van der Waals surface area contributed by atoms with Gasteiger partial charge in [0.15, 0.2) is 0 Å². The van der Waals surface area contributed by atoms with Crippen molar-refractivity contribution in [3.05, 3.63) is 28.0 Å². The minimum absolute atomic E-state index is 0.0547. The number of amides is 1. The number of rotatable bonds is 5. The molecule has 7 heteroatoms. The maximum Gasteiger partial charge on any atom is 0.299 e. The molecule has 1 aliphatic rings. The third kappa shape index (κ3) is 2.68. The van der Waals surface area contributed by atoms with Gasteiger partial charge in [-0.1, -0.05) is 0 Å². The van der Waals surface area contributed by atoms with Crippen LogP contribution < -0.4 is 4.90 Å². The molecule has 5 nitrogen and oxygen atoms in total. The second-order valence-electron chi connectivity index (χ2n) is 3.91. The highest BCUT2D eigenvalue weighted by atomic mass is 79.9. The lowest BCUT2D eigenvalue weighted by Gasteiger charge is -2.17. The summed E-state index contributed by atoms with van der Waals surface area (Å²) in [6.45, 7) is 0.399. The summed E-state index contributed by atoms with van der Waals surface area (Å²) >= 11 is 3.15. The van der Waals surface area contributed by atoms with Gasteiger partial charge < -0.3 is 14.7 Å². The number of carbonyl (C=O) groups is 2. The van der Waals surface area contributed by atoms with Gasteiger partial charge in [-0.25, -0.2) is 4.39 Å². The molecule has 0 saturated carbocycles. The number of benzene rings is 1. The SMILES string of the molecule is O=C1C(=O)N(CCOCCO)c2c(Br)cc(F)cc21. The number of carbonyl (C=O) groups excluding carboxylic acids is 2. The first-order valence-corrected chi connectivity index (χ1v) is 6.39. The number of ketones is 1. The van der Waals surface area contributed by atoms with Crippen molar-refractivity contribution < 1.29 is 23.8 Å². The van der Waals surface area contributed by atoms with E-state index in [9.17, 15) is 14.0 Å². The van der Waals surface area contributed by atoms with E-state index in [0.29, 0.717) is 10.2 Å². The normalized spacial score (nSPS) is 14.2. The molecule has 0 unspecified atom stereocenters. The molecular formula is C12H11BrFNO4. The zero-order valence-electron chi connectivity index (χ0n) is 9.86. The molecule has 102 valence electrons. The van der Waals surface area contributed by atoms with Crippen LogP contribution in [-0.4, -0.2) is 43.2 Å². The predicted molar refractivity (Wildman–Crippen MR) is 68.7 cm³/mol. The fourth-order valence-corrected chi connectivity index (χ4v) is 2.53. The quantitative estimate of drug-likeness (QED) is 0.648. The Balaban J connectivity index is 2.23. The molecule has 0 fully saturated rings. The van der Waals surface area contributed by atoms with E-state index in [1.54, 1.807) is 0 Å². The molecule has 1 aromatic rings. The Labute approximate surface area is 117 Å². The summed E-state index contributed by atoms with van der Waals surface area (Å²) in [4.78, 5) is 24.8. The predicted octanol–water partition coefficient (Wildman–Crippen LogP) is 1.13. The van der Waals surface area contributed by atoms with Gasteiger partial charge >= 0.3 is 0 Å². The lowest BCUT2D eigenvalue weighted by atomic mass is 10.1. The summed E-state index contributed by atoms with van der Waals surface area (Å²) in [6.07, 6.45) is 0. The number of aliphatic hydroxyl groups excluding tert-OH is 1. The first kappa shape index (κ1) is 14.1. The average molecular weight is 332 g/mol. The van der Waals surface area contributed by atoms with Crippen molar-refractivity contribution in [1.29, 1.82) is 0 Å². The van der Waals surface area contributed by atoms with Crippen molar-refractivity contribution >= 4 is 33.3 Å². The van der Waals surface area contributed by atoms with Crippen LogP contribution in [0.4, 0.5) is 10.1 Å². The molecule has 1 amide bonds. The molecule has 1 N–H and O–H groups in total. The van der Waals surface area contributed by atoms with Crippen molar-refractivity contribution in [1.82, 2.24) is 0 Å². The highest BCUT2D eigenvalue weighted by Gasteiger charge is 2.37. The summed E-state index contributed by atoms with van der Waals surface area (Å²) < 4.78 is 18.7. The van der Waals surface area contributed by atoms with Crippen LogP contribution >= 0.6 is 15.9 Å². The molecule has 1 aliphatic heterocycles. The van der Waals surface area contributed by atoms with Crippen LogP contribution in [0.5, 0.6) is 0 Å². The topological polar surface area (TPSA) is 66.8 Å². The van der Waals surface area contributed by atoms with E-state index in [1.807, 2.05) is 0 Å². The Morgan fingerprint density at radius 2 is 2.05 bits per heavy atom. The lowest BCUT2D eigenvalue weighted by molar-refractivity contribution is -0.114. The van der Waals surface area contributed by atoms with Crippen molar-refractivity contribution in [3.8, 4) is 0 Å². The minimum Gasteiger partial charge on any atom is -0.394 e. The van der Waals surface area contributed by atoms with Crippen LogP contribution in [0.25, 0.3) is 0 Å². The maximum atomic E-state index is 13.2. The van der Waals surface area contributed by atoms with Crippen molar-refractivity contribution in [2.75, 3.05) is 31.3 Å².